The van der Waals surface area contributed by atoms with Gasteiger partial charge < -0.3 is 5.32 Å². The summed E-state index contributed by atoms with van der Waals surface area (Å²) in [5.74, 6) is 0.478. The fourth-order valence-corrected chi connectivity index (χ4v) is 3.03. The van der Waals surface area contributed by atoms with Gasteiger partial charge in [-0.15, -0.1) is 0 Å². The molecule has 0 aliphatic rings. The molecular formula is C18H21Br2N. The molecule has 0 fully saturated rings. The van der Waals surface area contributed by atoms with Gasteiger partial charge in [-0.2, -0.15) is 0 Å². The summed E-state index contributed by atoms with van der Waals surface area (Å²) in [6, 6.07) is 17.8. The monoisotopic (exact) mass is 409 g/mol. The third kappa shape index (κ3) is 5.57. The van der Waals surface area contributed by atoms with Gasteiger partial charge in [-0.3, -0.25) is 0 Å². The van der Waals surface area contributed by atoms with Gasteiger partial charge >= 0.3 is 0 Å². The summed E-state index contributed by atoms with van der Waals surface area (Å²) < 4.78 is 2.27. The van der Waals surface area contributed by atoms with Crippen molar-refractivity contribution in [3.63, 3.8) is 0 Å². The van der Waals surface area contributed by atoms with E-state index in [4.69, 9.17) is 0 Å². The van der Waals surface area contributed by atoms with Crippen LogP contribution in [0, 0.1) is 0 Å². The van der Waals surface area contributed by atoms with Crippen molar-refractivity contribution in [3.8, 4) is 0 Å². The van der Waals surface area contributed by atoms with Crippen molar-refractivity contribution in [2.24, 2.45) is 0 Å². The molecule has 0 aliphatic heterocycles. The van der Waals surface area contributed by atoms with Gasteiger partial charge in [0.2, 0.25) is 0 Å². The molecule has 0 heterocycles. The summed E-state index contributed by atoms with van der Waals surface area (Å²) in [5.41, 5.74) is 2.74. The average molecular weight is 411 g/mol. The Morgan fingerprint density at radius 1 is 0.952 bits per heavy atom. The summed E-state index contributed by atoms with van der Waals surface area (Å²) in [7, 11) is 0. The van der Waals surface area contributed by atoms with Gasteiger partial charge in [0, 0.05) is 27.4 Å². The van der Waals surface area contributed by atoms with E-state index in [9.17, 15) is 0 Å². The average Bonchev–Trinajstić information content (AvgIpc) is 2.45. The zero-order chi connectivity index (χ0) is 15.2. The van der Waals surface area contributed by atoms with Crippen LogP contribution in [0.25, 0.3) is 0 Å². The van der Waals surface area contributed by atoms with Crippen LogP contribution in [0.2, 0.25) is 0 Å². The summed E-state index contributed by atoms with van der Waals surface area (Å²) in [6.45, 7) is 5.37. The maximum Gasteiger partial charge on any atom is 0.0178 e. The molecule has 0 bridgehead atoms. The molecule has 0 amide bonds. The fourth-order valence-electron chi connectivity index (χ4n) is 2.35. The van der Waals surface area contributed by atoms with Gasteiger partial charge in [0.15, 0.2) is 0 Å². The first kappa shape index (κ1) is 16.7. The van der Waals surface area contributed by atoms with Crippen LogP contribution in [0.5, 0.6) is 0 Å². The van der Waals surface area contributed by atoms with Crippen LogP contribution < -0.4 is 5.32 Å². The molecule has 2 aromatic rings. The second-order valence-electron chi connectivity index (χ2n) is 5.65. The summed E-state index contributed by atoms with van der Waals surface area (Å²) in [5, 5.41) is 3.57. The quantitative estimate of drug-likeness (QED) is 0.659. The van der Waals surface area contributed by atoms with Crippen molar-refractivity contribution >= 4 is 31.9 Å². The first-order valence-corrected chi connectivity index (χ1v) is 8.86. The Morgan fingerprint density at radius 2 is 1.67 bits per heavy atom. The highest BCUT2D eigenvalue weighted by molar-refractivity contribution is 9.10. The molecular weight excluding hydrogens is 390 g/mol. The number of rotatable bonds is 6. The number of benzene rings is 2. The van der Waals surface area contributed by atoms with E-state index in [0.29, 0.717) is 12.0 Å². The van der Waals surface area contributed by atoms with E-state index in [1.807, 2.05) is 0 Å². The highest BCUT2D eigenvalue weighted by atomic mass is 79.9. The van der Waals surface area contributed by atoms with Gasteiger partial charge in [-0.1, -0.05) is 70.0 Å². The van der Waals surface area contributed by atoms with E-state index in [1.165, 1.54) is 11.1 Å². The number of halogens is 2. The van der Waals surface area contributed by atoms with E-state index in [-0.39, 0.29) is 0 Å². The molecule has 2 aromatic carbocycles. The molecule has 1 unspecified atom stereocenters. The second-order valence-corrected chi connectivity index (χ2v) is 7.48. The molecule has 112 valence electrons. The number of nitrogens with one attached hydrogen (secondary N) is 1. The van der Waals surface area contributed by atoms with Crippen molar-refractivity contribution in [1.82, 2.24) is 5.32 Å². The molecule has 1 nitrogen and oxygen atoms in total. The SMILES string of the molecule is CC(C)NCC(Cc1ccc(Br)cc1)c1cccc(Br)c1. The van der Waals surface area contributed by atoms with Crippen molar-refractivity contribution in [2.45, 2.75) is 32.2 Å². The Kier molecular flexibility index (Phi) is 6.46. The van der Waals surface area contributed by atoms with Crippen LogP contribution in [0.3, 0.4) is 0 Å². The molecule has 0 saturated heterocycles. The van der Waals surface area contributed by atoms with Crippen LogP contribution in [0.4, 0.5) is 0 Å². The van der Waals surface area contributed by atoms with Gasteiger partial charge in [0.25, 0.3) is 0 Å². The van der Waals surface area contributed by atoms with E-state index >= 15 is 0 Å². The fraction of sp³-hybridized carbons (Fsp3) is 0.333. The third-order valence-corrected chi connectivity index (χ3v) is 4.51. The van der Waals surface area contributed by atoms with Gasteiger partial charge in [-0.25, -0.2) is 0 Å². The second kappa shape index (κ2) is 8.11. The van der Waals surface area contributed by atoms with Crippen LogP contribution in [-0.2, 0) is 6.42 Å². The molecule has 0 aliphatic carbocycles. The van der Waals surface area contributed by atoms with Crippen LogP contribution in [0.15, 0.2) is 57.5 Å². The first-order chi connectivity index (χ1) is 10.0. The topological polar surface area (TPSA) is 12.0 Å². The normalized spacial score (nSPS) is 12.6. The van der Waals surface area contributed by atoms with Gasteiger partial charge in [0.1, 0.15) is 0 Å². The Bertz CT molecular complexity index is 564. The van der Waals surface area contributed by atoms with Crippen LogP contribution in [0.1, 0.15) is 30.9 Å². The van der Waals surface area contributed by atoms with E-state index in [2.05, 4.69) is 99.6 Å². The lowest BCUT2D eigenvalue weighted by Crippen LogP contribution is -2.29. The van der Waals surface area contributed by atoms with E-state index in [1.54, 1.807) is 0 Å². The minimum absolute atomic E-state index is 0.478. The predicted octanol–water partition coefficient (Wildman–Crippen LogP) is 5.54. The Balaban J connectivity index is 2.17. The molecule has 3 heteroatoms. The number of hydrogen-bond acceptors (Lipinski definition) is 1. The summed E-state index contributed by atoms with van der Waals surface area (Å²) >= 11 is 7.08. The molecule has 1 N–H and O–H groups in total. The minimum Gasteiger partial charge on any atom is -0.314 e. The lowest BCUT2D eigenvalue weighted by molar-refractivity contribution is 0.526. The molecule has 0 spiro atoms. The van der Waals surface area contributed by atoms with Crippen molar-refractivity contribution < 1.29 is 0 Å². The van der Waals surface area contributed by atoms with Gasteiger partial charge in [0.05, 0.1) is 0 Å². The number of hydrogen-bond donors (Lipinski definition) is 1. The minimum atomic E-state index is 0.478. The first-order valence-electron chi connectivity index (χ1n) is 7.28. The van der Waals surface area contributed by atoms with Crippen LogP contribution in [-0.4, -0.2) is 12.6 Å². The van der Waals surface area contributed by atoms with E-state index < -0.39 is 0 Å². The molecule has 0 saturated carbocycles. The Hall–Kier alpha value is -0.640. The Morgan fingerprint density at radius 3 is 2.29 bits per heavy atom. The maximum absolute atomic E-state index is 3.58. The largest absolute Gasteiger partial charge is 0.314 e. The van der Waals surface area contributed by atoms with Crippen molar-refractivity contribution in [3.05, 3.63) is 68.6 Å². The summed E-state index contributed by atoms with van der Waals surface area (Å²) in [6.07, 6.45) is 1.05. The Labute approximate surface area is 144 Å². The third-order valence-electron chi connectivity index (χ3n) is 3.49. The zero-order valence-corrected chi connectivity index (χ0v) is 15.6. The molecule has 21 heavy (non-hydrogen) atoms. The lowest BCUT2D eigenvalue weighted by atomic mass is 9.92. The standard InChI is InChI=1S/C18H21Br2N/c1-13(2)21-12-16(15-4-3-5-18(20)11-15)10-14-6-8-17(19)9-7-14/h3-9,11,13,16,21H,10,12H2,1-2H3. The predicted molar refractivity (Wildman–Crippen MR) is 97.9 cm³/mol. The maximum atomic E-state index is 3.58. The highest BCUT2D eigenvalue weighted by Gasteiger charge is 2.13. The lowest BCUT2D eigenvalue weighted by Gasteiger charge is -2.20. The van der Waals surface area contributed by atoms with Crippen LogP contribution >= 0.6 is 31.9 Å². The molecule has 0 aromatic heterocycles. The van der Waals surface area contributed by atoms with Crippen molar-refractivity contribution in [2.75, 3.05) is 6.54 Å². The van der Waals surface area contributed by atoms with Gasteiger partial charge in [-0.05, 0) is 41.8 Å². The van der Waals surface area contributed by atoms with E-state index in [0.717, 1.165) is 21.9 Å². The zero-order valence-electron chi connectivity index (χ0n) is 12.4. The highest BCUT2D eigenvalue weighted by Crippen LogP contribution is 2.24. The smallest absolute Gasteiger partial charge is 0.0178 e. The molecule has 0 radical (unpaired) electrons. The summed E-state index contributed by atoms with van der Waals surface area (Å²) in [4.78, 5) is 0. The van der Waals surface area contributed by atoms with Crippen molar-refractivity contribution in [1.29, 1.82) is 0 Å². The molecule has 1 atom stereocenters. The molecule has 2 rings (SSSR count).